The normalized spacial score (nSPS) is 25.4. The number of carboxylic acids is 1. The zero-order valence-corrected chi connectivity index (χ0v) is 19.2. The van der Waals surface area contributed by atoms with E-state index in [1.807, 2.05) is 12.1 Å². The number of piperidine rings is 1. The van der Waals surface area contributed by atoms with Gasteiger partial charge in [0.1, 0.15) is 0 Å². The second-order valence-electron chi connectivity index (χ2n) is 10.2. The predicted molar refractivity (Wildman–Crippen MR) is 129 cm³/mol. The zero-order valence-electron chi connectivity index (χ0n) is 19.2. The second kappa shape index (κ2) is 8.30. The average molecular weight is 445 g/mol. The standard InChI is InChI=1S/C28H32N2O3/c1-17-14-21-8-9-24(26(21)23-10-12-29-27(17)23)30-13-11-22(33-16-18-2-3-18)15-25(30)19-4-6-20(7-5-19)28(31)32/h4-7,10,12,14,18,22,24-25,29H,2-3,8-9,11,13,15-16H2,1H3,(H,31,32)/t22-,24?,25-/m0/s1. The molecule has 172 valence electrons. The highest BCUT2D eigenvalue weighted by atomic mass is 16.5. The number of likely N-dealkylation sites (tertiary alicyclic amines) is 1. The van der Waals surface area contributed by atoms with Crippen molar-refractivity contribution >= 4 is 16.9 Å². The summed E-state index contributed by atoms with van der Waals surface area (Å²) in [4.78, 5) is 17.5. The van der Waals surface area contributed by atoms with Crippen LogP contribution in [-0.4, -0.2) is 40.2 Å². The molecule has 1 saturated carbocycles. The van der Waals surface area contributed by atoms with E-state index in [0.717, 1.165) is 44.8 Å². The minimum Gasteiger partial charge on any atom is -0.478 e. The van der Waals surface area contributed by atoms with Gasteiger partial charge in [-0.25, -0.2) is 4.79 Å². The number of hydrogen-bond donors (Lipinski definition) is 2. The smallest absolute Gasteiger partial charge is 0.335 e. The molecular formula is C28H32N2O3. The van der Waals surface area contributed by atoms with Gasteiger partial charge in [0.05, 0.1) is 11.7 Å². The topological polar surface area (TPSA) is 65.6 Å². The molecule has 0 spiro atoms. The van der Waals surface area contributed by atoms with E-state index < -0.39 is 5.97 Å². The third kappa shape index (κ3) is 3.87. The zero-order chi connectivity index (χ0) is 22.5. The summed E-state index contributed by atoms with van der Waals surface area (Å²) in [5, 5.41) is 10.7. The minimum absolute atomic E-state index is 0.233. The molecule has 2 heterocycles. The summed E-state index contributed by atoms with van der Waals surface area (Å²) in [5.41, 5.74) is 7.09. The number of fused-ring (bicyclic) bond motifs is 3. The summed E-state index contributed by atoms with van der Waals surface area (Å²) < 4.78 is 6.35. The summed E-state index contributed by atoms with van der Waals surface area (Å²) in [7, 11) is 0. The summed E-state index contributed by atoms with van der Waals surface area (Å²) in [5.74, 6) is -0.106. The molecular weight excluding hydrogens is 412 g/mol. The van der Waals surface area contributed by atoms with Gasteiger partial charge in [-0.2, -0.15) is 0 Å². The lowest BCUT2D eigenvalue weighted by Gasteiger charge is -2.43. The largest absolute Gasteiger partial charge is 0.478 e. The molecule has 2 aromatic carbocycles. The molecule has 2 aliphatic carbocycles. The lowest BCUT2D eigenvalue weighted by atomic mass is 9.89. The first-order valence-electron chi connectivity index (χ1n) is 12.4. The quantitative estimate of drug-likeness (QED) is 0.505. The van der Waals surface area contributed by atoms with E-state index in [0.29, 0.717) is 11.6 Å². The lowest BCUT2D eigenvalue weighted by molar-refractivity contribution is -0.0333. The Morgan fingerprint density at radius 3 is 2.70 bits per heavy atom. The first-order chi connectivity index (χ1) is 16.1. The van der Waals surface area contributed by atoms with Crippen LogP contribution in [0.5, 0.6) is 0 Å². The van der Waals surface area contributed by atoms with E-state index in [2.05, 4.69) is 35.1 Å². The van der Waals surface area contributed by atoms with Crippen molar-refractivity contribution < 1.29 is 14.6 Å². The molecule has 33 heavy (non-hydrogen) atoms. The van der Waals surface area contributed by atoms with E-state index in [1.54, 1.807) is 12.1 Å². The number of aromatic nitrogens is 1. The Kier molecular flexibility index (Phi) is 5.27. The Hall–Kier alpha value is -2.63. The summed E-state index contributed by atoms with van der Waals surface area (Å²) in [6.07, 6.45) is 9.23. The predicted octanol–water partition coefficient (Wildman–Crippen LogP) is 5.79. The Bertz CT molecular complexity index is 1180. The number of carboxylic acid groups (broad SMARTS) is 1. The van der Waals surface area contributed by atoms with E-state index in [9.17, 15) is 9.90 Å². The number of rotatable bonds is 6. The van der Waals surface area contributed by atoms with Crippen molar-refractivity contribution in [3.05, 3.63) is 70.4 Å². The van der Waals surface area contributed by atoms with Crippen molar-refractivity contribution in [1.82, 2.24) is 9.88 Å². The van der Waals surface area contributed by atoms with Crippen molar-refractivity contribution in [3.63, 3.8) is 0 Å². The molecule has 3 aromatic rings. The Morgan fingerprint density at radius 1 is 1.12 bits per heavy atom. The number of aromatic amines is 1. The number of nitrogens with zero attached hydrogens (tertiary/aromatic N) is 1. The number of H-pyrrole nitrogens is 1. The van der Waals surface area contributed by atoms with Crippen LogP contribution < -0.4 is 0 Å². The molecule has 0 bridgehead atoms. The monoisotopic (exact) mass is 444 g/mol. The van der Waals surface area contributed by atoms with Crippen LogP contribution in [0.2, 0.25) is 0 Å². The van der Waals surface area contributed by atoms with Gasteiger partial charge in [-0.3, -0.25) is 4.90 Å². The molecule has 3 aliphatic rings. The summed E-state index contributed by atoms with van der Waals surface area (Å²) >= 11 is 0. The maximum Gasteiger partial charge on any atom is 0.335 e. The van der Waals surface area contributed by atoms with Gasteiger partial charge < -0.3 is 14.8 Å². The van der Waals surface area contributed by atoms with Crippen LogP contribution in [0, 0.1) is 12.8 Å². The Labute approximate surface area is 194 Å². The number of aryl methyl sites for hydroxylation is 2. The van der Waals surface area contributed by atoms with Crippen LogP contribution in [0.15, 0.2) is 42.6 Å². The highest BCUT2D eigenvalue weighted by Gasteiger charge is 2.39. The first-order valence-corrected chi connectivity index (χ1v) is 12.4. The number of benzene rings is 2. The fourth-order valence-electron chi connectivity index (χ4n) is 6.08. The number of carbonyl (C=O) groups is 1. The molecule has 1 aromatic heterocycles. The van der Waals surface area contributed by atoms with Crippen molar-refractivity contribution in [2.45, 2.75) is 63.6 Å². The highest BCUT2D eigenvalue weighted by molar-refractivity contribution is 5.88. The maximum atomic E-state index is 11.4. The van der Waals surface area contributed by atoms with Crippen LogP contribution in [-0.2, 0) is 11.2 Å². The molecule has 2 N–H and O–H groups in total. The van der Waals surface area contributed by atoms with Crippen molar-refractivity contribution in [2.75, 3.05) is 13.2 Å². The summed E-state index contributed by atoms with van der Waals surface area (Å²) in [6, 6.07) is 12.8. The van der Waals surface area contributed by atoms with Gasteiger partial charge in [0.25, 0.3) is 0 Å². The fourth-order valence-corrected chi connectivity index (χ4v) is 6.08. The highest BCUT2D eigenvalue weighted by Crippen LogP contribution is 2.47. The molecule has 1 aliphatic heterocycles. The third-order valence-electron chi connectivity index (χ3n) is 7.99. The molecule has 2 fully saturated rings. The van der Waals surface area contributed by atoms with Gasteiger partial charge in [0.15, 0.2) is 0 Å². The van der Waals surface area contributed by atoms with Crippen LogP contribution in [0.25, 0.3) is 10.9 Å². The number of aromatic carboxylic acids is 1. The van der Waals surface area contributed by atoms with E-state index in [1.165, 1.54) is 46.0 Å². The number of hydrogen-bond acceptors (Lipinski definition) is 3. The van der Waals surface area contributed by atoms with E-state index in [4.69, 9.17) is 4.74 Å². The van der Waals surface area contributed by atoms with Crippen molar-refractivity contribution in [1.29, 1.82) is 0 Å². The number of nitrogens with one attached hydrogen (secondary N) is 1. The molecule has 0 radical (unpaired) electrons. The number of ether oxygens (including phenoxy) is 1. The fraction of sp³-hybridized carbons (Fsp3) is 0.464. The Morgan fingerprint density at radius 2 is 1.94 bits per heavy atom. The second-order valence-corrected chi connectivity index (χ2v) is 10.2. The van der Waals surface area contributed by atoms with Crippen LogP contribution in [0.4, 0.5) is 0 Å². The van der Waals surface area contributed by atoms with Crippen LogP contribution >= 0.6 is 0 Å². The molecule has 3 atom stereocenters. The van der Waals surface area contributed by atoms with Gasteiger partial charge in [0.2, 0.25) is 0 Å². The van der Waals surface area contributed by atoms with E-state index in [-0.39, 0.29) is 12.1 Å². The molecule has 5 nitrogen and oxygen atoms in total. The average Bonchev–Trinajstić information content (AvgIpc) is 3.35. The first kappa shape index (κ1) is 20.9. The SMILES string of the molecule is Cc1cc2c(c3cc[nH]c13)C(N1CC[C@H](OCC3CC3)C[C@H]1c1ccc(C(=O)O)cc1)CC2. The van der Waals surface area contributed by atoms with Crippen molar-refractivity contribution in [3.8, 4) is 0 Å². The van der Waals surface area contributed by atoms with Gasteiger partial charge in [-0.15, -0.1) is 0 Å². The van der Waals surface area contributed by atoms with Crippen LogP contribution in [0.1, 0.15) is 76.8 Å². The van der Waals surface area contributed by atoms with Crippen LogP contribution in [0.3, 0.4) is 0 Å². The summed E-state index contributed by atoms with van der Waals surface area (Å²) in [6.45, 7) is 4.09. The molecule has 5 heteroatoms. The van der Waals surface area contributed by atoms with Crippen molar-refractivity contribution in [2.24, 2.45) is 5.92 Å². The van der Waals surface area contributed by atoms with Gasteiger partial charge in [-0.05, 0) is 91.8 Å². The van der Waals surface area contributed by atoms with Gasteiger partial charge in [-0.1, -0.05) is 18.2 Å². The molecule has 0 amide bonds. The maximum absolute atomic E-state index is 11.4. The van der Waals surface area contributed by atoms with Gasteiger partial charge >= 0.3 is 5.97 Å². The van der Waals surface area contributed by atoms with Gasteiger partial charge in [0, 0.05) is 42.3 Å². The Balaban J connectivity index is 1.34. The molecule has 1 saturated heterocycles. The lowest BCUT2D eigenvalue weighted by Crippen LogP contribution is -2.41. The van der Waals surface area contributed by atoms with E-state index >= 15 is 0 Å². The minimum atomic E-state index is -0.873. The molecule has 1 unspecified atom stereocenters. The third-order valence-corrected chi connectivity index (χ3v) is 7.99. The molecule has 6 rings (SSSR count).